The molecule has 1 aliphatic heterocycles. The van der Waals surface area contributed by atoms with E-state index in [1.165, 1.54) is 15.3 Å². The Hall–Kier alpha value is -1.62. The topological polar surface area (TPSA) is 38.1 Å². The lowest BCUT2D eigenvalue weighted by atomic mass is 10.1. The molecule has 3 heterocycles. The van der Waals surface area contributed by atoms with E-state index in [9.17, 15) is 4.79 Å². The fraction of sp³-hybridized carbons (Fsp3) is 0.529. The van der Waals surface area contributed by atoms with Crippen molar-refractivity contribution in [1.29, 1.82) is 0 Å². The monoisotopic (exact) mass is 315 g/mol. The van der Waals surface area contributed by atoms with E-state index >= 15 is 0 Å². The first-order valence-electron chi connectivity index (χ1n) is 7.99. The molecule has 2 aromatic rings. The fourth-order valence-corrected chi connectivity index (χ4v) is 4.69. The van der Waals surface area contributed by atoms with Crippen molar-refractivity contribution in [1.82, 2.24) is 14.7 Å². The molecule has 0 spiro atoms. The Labute approximate surface area is 134 Å². The summed E-state index contributed by atoms with van der Waals surface area (Å²) in [4.78, 5) is 17.7. The summed E-state index contributed by atoms with van der Waals surface area (Å²) in [6, 6.07) is 4.59. The molecule has 4 rings (SSSR count). The first kappa shape index (κ1) is 14.0. The standard InChI is InChI=1S/C17H21N3OS/c1-11-5-6-16(22-11)13-8-14(13)17(21)20-7-3-4-15(20)12-9-18-19(2)10-12/h5-6,9-10,13-15H,3-4,7-8H2,1-2H3/t13-,14-,15-/m1/s1. The first-order chi connectivity index (χ1) is 10.6. The van der Waals surface area contributed by atoms with Gasteiger partial charge in [-0.3, -0.25) is 9.48 Å². The molecule has 22 heavy (non-hydrogen) atoms. The van der Waals surface area contributed by atoms with Crippen molar-refractivity contribution in [3.8, 4) is 0 Å². The molecule has 4 nitrogen and oxygen atoms in total. The van der Waals surface area contributed by atoms with Gasteiger partial charge >= 0.3 is 0 Å². The predicted molar refractivity (Wildman–Crippen MR) is 86.8 cm³/mol. The highest BCUT2D eigenvalue weighted by molar-refractivity contribution is 7.12. The molecule has 2 aliphatic rings. The second-order valence-electron chi connectivity index (χ2n) is 6.53. The number of nitrogens with zero attached hydrogens (tertiary/aromatic N) is 3. The van der Waals surface area contributed by atoms with Gasteiger partial charge in [-0.1, -0.05) is 0 Å². The number of aryl methyl sites for hydroxylation is 2. The normalized spacial score (nSPS) is 27.4. The van der Waals surface area contributed by atoms with Crippen molar-refractivity contribution in [2.24, 2.45) is 13.0 Å². The number of likely N-dealkylation sites (tertiary alicyclic amines) is 1. The van der Waals surface area contributed by atoms with Crippen molar-refractivity contribution in [3.63, 3.8) is 0 Å². The maximum atomic E-state index is 12.9. The number of amides is 1. The summed E-state index contributed by atoms with van der Waals surface area (Å²) >= 11 is 1.84. The van der Waals surface area contributed by atoms with Crippen LogP contribution in [0.15, 0.2) is 24.5 Å². The molecule has 5 heteroatoms. The van der Waals surface area contributed by atoms with Gasteiger partial charge in [-0.05, 0) is 38.3 Å². The van der Waals surface area contributed by atoms with Crippen LogP contribution in [-0.4, -0.2) is 27.1 Å². The average Bonchev–Trinajstić information content (AvgIpc) is 2.85. The van der Waals surface area contributed by atoms with Gasteiger partial charge < -0.3 is 4.90 Å². The third-order valence-corrected chi connectivity index (χ3v) is 6.01. The van der Waals surface area contributed by atoms with Gasteiger partial charge in [0.15, 0.2) is 0 Å². The summed E-state index contributed by atoms with van der Waals surface area (Å²) in [6.07, 6.45) is 7.13. The predicted octanol–water partition coefficient (Wildman–Crippen LogP) is 3.26. The maximum absolute atomic E-state index is 12.9. The number of rotatable bonds is 3. The number of hydrogen-bond donors (Lipinski definition) is 0. The molecule has 1 amide bonds. The largest absolute Gasteiger partial charge is 0.335 e. The fourth-order valence-electron chi connectivity index (χ4n) is 3.64. The number of carbonyl (C=O) groups is 1. The van der Waals surface area contributed by atoms with Crippen LogP contribution in [-0.2, 0) is 11.8 Å². The van der Waals surface area contributed by atoms with Crippen LogP contribution in [0.3, 0.4) is 0 Å². The van der Waals surface area contributed by atoms with Gasteiger partial charge in [-0.2, -0.15) is 5.10 Å². The Morgan fingerprint density at radius 1 is 1.41 bits per heavy atom. The minimum absolute atomic E-state index is 0.204. The SMILES string of the molecule is Cc1ccc([C@@H]2C[C@H]2C(=O)N2CCC[C@@H]2c2cnn(C)c2)s1. The summed E-state index contributed by atoms with van der Waals surface area (Å²) in [5.41, 5.74) is 1.18. The van der Waals surface area contributed by atoms with Crippen LogP contribution in [0.4, 0.5) is 0 Å². The molecule has 1 saturated heterocycles. The van der Waals surface area contributed by atoms with Gasteiger partial charge in [0.25, 0.3) is 0 Å². The lowest BCUT2D eigenvalue weighted by Crippen LogP contribution is -2.32. The van der Waals surface area contributed by atoms with Crippen LogP contribution in [0.2, 0.25) is 0 Å². The van der Waals surface area contributed by atoms with Crippen LogP contribution >= 0.6 is 11.3 Å². The summed E-state index contributed by atoms with van der Waals surface area (Å²) in [6.45, 7) is 3.03. The van der Waals surface area contributed by atoms with E-state index in [1.807, 2.05) is 35.5 Å². The quantitative estimate of drug-likeness (QED) is 0.872. The highest BCUT2D eigenvalue weighted by Gasteiger charge is 2.48. The van der Waals surface area contributed by atoms with Crippen LogP contribution in [0, 0.1) is 12.8 Å². The molecule has 0 N–H and O–H groups in total. The summed E-state index contributed by atoms with van der Waals surface area (Å²) in [7, 11) is 1.93. The van der Waals surface area contributed by atoms with Crippen molar-refractivity contribution < 1.29 is 4.79 Å². The number of carbonyl (C=O) groups excluding carboxylic acids is 1. The van der Waals surface area contributed by atoms with Crippen LogP contribution < -0.4 is 0 Å². The van der Waals surface area contributed by atoms with E-state index in [0.29, 0.717) is 11.8 Å². The highest BCUT2D eigenvalue weighted by atomic mass is 32.1. The molecule has 0 aromatic carbocycles. The molecule has 1 aliphatic carbocycles. The summed E-state index contributed by atoms with van der Waals surface area (Å²) < 4.78 is 1.82. The zero-order valence-corrected chi connectivity index (χ0v) is 13.8. The zero-order valence-electron chi connectivity index (χ0n) is 13.0. The third-order valence-electron chi connectivity index (χ3n) is 4.88. The van der Waals surface area contributed by atoms with Gasteiger partial charge in [-0.15, -0.1) is 11.3 Å². The molecule has 2 fully saturated rings. The molecule has 116 valence electrons. The van der Waals surface area contributed by atoms with E-state index < -0.39 is 0 Å². The lowest BCUT2D eigenvalue weighted by Gasteiger charge is -2.24. The van der Waals surface area contributed by atoms with Crippen LogP contribution in [0.1, 0.15) is 46.5 Å². The first-order valence-corrected chi connectivity index (χ1v) is 8.80. The smallest absolute Gasteiger partial charge is 0.226 e. The lowest BCUT2D eigenvalue weighted by molar-refractivity contribution is -0.133. The average molecular weight is 315 g/mol. The van der Waals surface area contributed by atoms with Gasteiger partial charge in [0.1, 0.15) is 0 Å². The van der Waals surface area contributed by atoms with E-state index in [1.54, 1.807) is 0 Å². The van der Waals surface area contributed by atoms with Gasteiger partial charge in [-0.25, -0.2) is 0 Å². The molecule has 2 aromatic heterocycles. The minimum Gasteiger partial charge on any atom is -0.335 e. The molecular formula is C17H21N3OS. The Morgan fingerprint density at radius 3 is 2.95 bits per heavy atom. The molecular weight excluding hydrogens is 294 g/mol. The summed E-state index contributed by atoms with van der Waals surface area (Å²) in [5.74, 6) is 1.01. The second kappa shape index (κ2) is 5.23. The van der Waals surface area contributed by atoms with Crippen LogP contribution in [0.5, 0.6) is 0 Å². The van der Waals surface area contributed by atoms with Crippen molar-refractivity contribution in [3.05, 3.63) is 39.8 Å². The van der Waals surface area contributed by atoms with Crippen LogP contribution in [0.25, 0.3) is 0 Å². The van der Waals surface area contributed by atoms with Crippen molar-refractivity contribution in [2.45, 2.75) is 38.1 Å². The zero-order chi connectivity index (χ0) is 15.3. The van der Waals surface area contributed by atoms with Crippen molar-refractivity contribution >= 4 is 17.2 Å². The molecule has 0 unspecified atom stereocenters. The Balaban J connectivity index is 1.48. The Bertz CT molecular complexity index is 704. The van der Waals surface area contributed by atoms with E-state index in [2.05, 4.69) is 29.1 Å². The molecule has 0 radical (unpaired) electrons. The Kier molecular flexibility index (Phi) is 3.33. The number of thiophene rings is 1. The summed E-state index contributed by atoms with van der Waals surface area (Å²) in [5, 5.41) is 4.26. The molecule has 3 atom stereocenters. The van der Waals surface area contributed by atoms with Gasteiger partial charge in [0.2, 0.25) is 5.91 Å². The Morgan fingerprint density at radius 2 is 2.27 bits per heavy atom. The number of aromatic nitrogens is 2. The van der Waals surface area contributed by atoms with E-state index in [-0.39, 0.29) is 12.0 Å². The maximum Gasteiger partial charge on any atom is 0.226 e. The second-order valence-corrected chi connectivity index (χ2v) is 7.85. The minimum atomic E-state index is 0.204. The van der Waals surface area contributed by atoms with E-state index in [4.69, 9.17) is 0 Å². The highest BCUT2D eigenvalue weighted by Crippen LogP contribution is 2.51. The number of hydrogen-bond acceptors (Lipinski definition) is 3. The van der Waals surface area contributed by atoms with E-state index in [0.717, 1.165) is 25.8 Å². The van der Waals surface area contributed by atoms with Gasteiger partial charge in [0.05, 0.1) is 12.2 Å². The third kappa shape index (κ3) is 2.37. The van der Waals surface area contributed by atoms with Gasteiger partial charge in [0, 0.05) is 46.9 Å². The molecule has 1 saturated carbocycles. The van der Waals surface area contributed by atoms with Crippen molar-refractivity contribution in [2.75, 3.05) is 6.54 Å². The molecule has 0 bridgehead atoms.